The van der Waals surface area contributed by atoms with Gasteiger partial charge in [0.05, 0.1) is 0 Å². The second-order valence-corrected chi connectivity index (χ2v) is 9.95. The third-order valence-corrected chi connectivity index (χ3v) is 7.30. The Bertz CT molecular complexity index is 945. The van der Waals surface area contributed by atoms with Gasteiger partial charge in [-0.1, -0.05) is 60.2 Å². The van der Waals surface area contributed by atoms with E-state index in [9.17, 15) is 9.59 Å². The van der Waals surface area contributed by atoms with E-state index in [-0.39, 0.29) is 17.9 Å². The molecule has 3 fully saturated rings. The van der Waals surface area contributed by atoms with Crippen molar-refractivity contribution in [3.63, 3.8) is 0 Å². The zero-order valence-corrected chi connectivity index (χ0v) is 19.0. The zero-order chi connectivity index (χ0) is 22.1. The molecule has 2 bridgehead atoms. The van der Waals surface area contributed by atoms with Gasteiger partial charge in [0.2, 0.25) is 11.8 Å². The molecule has 0 N–H and O–H groups in total. The van der Waals surface area contributed by atoms with Crippen molar-refractivity contribution in [2.45, 2.75) is 45.3 Å². The van der Waals surface area contributed by atoms with Crippen LogP contribution in [-0.4, -0.2) is 58.7 Å². The highest BCUT2D eigenvalue weighted by Gasteiger charge is 2.42. The quantitative estimate of drug-likeness (QED) is 0.728. The highest BCUT2D eigenvalue weighted by Crippen LogP contribution is 2.32. The number of piperidine rings is 2. The van der Waals surface area contributed by atoms with Crippen LogP contribution in [0.4, 0.5) is 0 Å². The van der Waals surface area contributed by atoms with Crippen molar-refractivity contribution in [2.75, 3.05) is 26.2 Å². The lowest BCUT2D eigenvalue weighted by Gasteiger charge is -2.46. The number of nitrogens with zero attached hydrogens (tertiary/aromatic N) is 3. The minimum Gasteiger partial charge on any atom is -0.340 e. The van der Waals surface area contributed by atoms with Gasteiger partial charge in [-0.25, -0.2) is 0 Å². The molecule has 32 heavy (non-hydrogen) atoms. The van der Waals surface area contributed by atoms with E-state index < -0.39 is 0 Å². The van der Waals surface area contributed by atoms with Gasteiger partial charge < -0.3 is 9.80 Å². The summed E-state index contributed by atoms with van der Waals surface area (Å²) in [6, 6.07) is 18.6. The Labute approximate surface area is 191 Å². The van der Waals surface area contributed by atoms with Crippen molar-refractivity contribution in [3.05, 3.63) is 71.3 Å². The summed E-state index contributed by atoms with van der Waals surface area (Å²) in [6.07, 6.45) is 2.34. The second kappa shape index (κ2) is 9.07. The van der Waals surface area contributed by atoms with E-state index in [0.717, 1.165) is 38.3 Å². The Hall–Kier alpha value is -2.66. The SMILES string of the molecule is Cc1ccc(CN2C(=O)CCC2C(=O)N2CC3CC(CN(Cc4ccccc4)C3)C2)cc1. The number of benzene rings is 2. The van der Waals surface area contributed by atoms with Gasteiger partial charge in [0.15, 0.2) is 0 Å². The van der Waals surface area contributed by atoms with E-state index in [1.807, 2.05) is 4.90 Å². The first-order valence-corrected chi connectivity index (χ1v) is 12.0. The summed E-state index contributed by atoms with van der Waals surface area (Å²) < 4.78 is 0. The molecule has 3 heterocycles. The van der Waals surface area contributed by atoms with Crippen LogP contribution in [-0.2, 0) is 22.7 Å². The van der Waals surface area contributed by atoms with Gasteiger partial charge in [0.25, 0.3) is 0 Å². The van der Waals surface area contributed by atoms with Gasteiger partial charge in [-0.15, -0.1) is 0 Å². The van der Waals surface area contributed by atoms with Crippen LogP contribution in [0.2, 0.25) is 0 Å². The number of carbonyl (C=O) groups excluding carboxylic acids is 2. The van der Waals surface area contributed by atoms with Crippen molar-refractivity contribution in [3.8, 4) is 0 Å². The maximum Gasteiger partial charge on any atom is 0.245 e. The first-order valence-electron chi connectivity index (χ1n) is 12.0. The summed E-state index contributed by atoms with van der Waals surface area (Å²) >= 11 is 0. The summed E-state index contributed by atoms with van der Waals surface area (Å²) in [7, 11) is 0. The Kier molecular flexibility index (Phi) is 6.01. The molecule has 0 aromatic heterocycles. The van der Waals surface area contributed by atoms with E-state index >= 15 is 0 Å². The van der Waals surface area contributed by atoms with E-state index in [2.05, 4.69) is 71.3 Å². The van der Waals surface area contributed by atoms with Crippen LogP contribution in [0.1, 0.15) is 36.0 Å². The molecule has 0 radical (unpaired) electrons. The van der Waals surface area contributed by atoms with E-state index in [1.165, 1.54) is 17.5 Å². The first kappa shape index (κ1) is 21.2. The minimum absolute atomic E-state index is 0.107. The Morgan fingerprint density at radius 2 is 1.53 bits per heavy atom. The molecule has 2 aromatic rings. The van der Waals surface area contributed by atoms with Crippen molar-refractivity contribution in [2.24, 2.45) is 11.8 Å². The lowest BCUT2D eigenvalue weighted by atomic mass is 9.84. The highest BCUT2D eigenvalue weighted by atomic mass is 16.2. The van der Waals surface area contributed by atoms with Crippen LogP contribution in [0, 0.1) is 18.8 Å². The lowest BCUT2D eigenvalue weighted by molar-refractivity contribution is -0.145. The van der Waals surface area contributed by atoms with E-state index in [0.29, 0.717) is 31.2 Å². The molecule has 168 valence electrons. The van der Waals surface area contributed by atoms with Crippen LogP contribution in [0.15, 0.2) is 54.6 Å². The average Bonchev–Trinajstić information content (AvgIpc) is 3.15. The number of aryl methyl sites for hydroxylation is 1. The summed E-state index contributed by atoms with van der Waals surface area (Å²) in [5, 5.41) is 0. The van der Waals surface area contributed by atoms with Crippen molar-refractivity contribution in [1.29, 1.82) is 0 Å². The van der Waals surface area contributed by atoms with Crippen LogP contribution >= 0.6 is 0 Å². The van der Waals surface area contributed by atoms with Crippen LogP contribution < -0.4 is 0 Å². The number of amides is 2. The number of rotatable bonds is 5. The van der Waals surface area contributed by atoms with Gasteiger partial charge in [0.1, 0.15) is 6.04 Å². The monoisotopic (exact) mass is 431 g/mol. The third kappa shape index (κ3) is 4.58. The summed E-state index contributed by atoms with van der Waals surface area (Å²) in [5.41, 5.74) is 3.66. The standard InChI is InChI=1S/C27H33N3O2/c1-20-7-9-22(10-8-20)19-30-25(11-12-26(30)31)27(32)29-17-23-13-24(18-29)16-28(15-23)14-21-5-3-2-4-6-21/h2-10,23-25H,11-19H2,1H3. The molecule has 3 atom stereocenters. The number of hydrogen-bond acceptors (Lipinski definition) is 3. The van der Waals surface area contributed by atoms with Crippen LogP contribution in [0.25, 0.3) is 0 Å². The molecule has 0 spiro atoms. The molecular weight excluding hydrogens is 398 g/mol. The number of carbonyl (C=O) groups is 2. The molecule has 2 amide bonds. The molecule has 3 saturated heterocycles. The third-order valence-electron chi connectivity index (χ3n) is 7.30. The molecule has 2 aromatic carbocycles. The fraction of sp³-hybridized carbons (Fsp3) is 0.481. The van der Waals surface area contributed by atoms with Gasteiger partial charge in [-0.3, -0.25) is 14.5 Å². The number of hydrogen-bond donors (Lipinski definition) is 0. The molecule has 0 aliphatic carbocycles. The minimum atomic E-state index is -0.303. The van der Waals surface area contributed by atoms with Crippen LogP contribution in [0.5, 0.6) is 0 Å². The molecule has 3 aliphatic rings. The first-order chi connectivity index (χ1) is 15.5. The van der Waals surface area contributed by atoms with Gasteiger partial charge in [0, 0.05) is 45.7 Å². The molecule has 3 aliphatic heterocycles. The maximum absolute atomic E-state index is 13.5. The van der Waals surface area contributed by atoms with E-state index in [4.69, 9.17) is 0 Å². The molecule has 5 nitrogen and oxygen atoms in total. The molecule has 5 heteroatoms. The Balaban J connectivity index is 1.22. The van der Waals surface area contributed by atoms with Crippen molar-refractivity contribution < 1.29 is 9.59 Å². The Morgan fingerprint density at radius 1 is 0.875 bits per heavy atom. The number of fused-ring (bicyclic) bond motifs is 2. The molecule has 3 unspecified atom stereocenters. The summed E-state index contributed by atoms with van der Waals surface area (Å²) in [6.45, 7) is 7.32. The number of likely N-dealkylation sites (tertiary alicyclic amines) is 3. The highest BCUT2D eigenvalue weighted by molar-refractivity contribution is 5.91. The largest absolute Gasteiger partial charge is 0.340 e. The molecule has 0 saturated carbocycles. The fourth-order valence-electron chi connectivity index (χ4n) is 5.83. The topological polar surface area (TPSA) is 43.9 Å². The Morgan fingerprint density at radius 3 is 2.22 bits per heavy atom. The predicted octanol–water partition coefficient (Wildman–Crippen LogP) is 3.47. The summed E-state index contributed by atoms with van der Waals surface area (Å²) in [4.78, 5) is 32.6. The predicted molar refractivity (Wildman–Crippen MR) is 125 cm³/mol. The van der Waals surface area contributed by atoms with Gasteiger partial charge in [-0.2, -0.15) is 0 Å². The van der Waals surface area contributed by atoms with Gasteiger partial charge >= 0.3 is 0 Å². The van der Waals surface area contributed by atoms with E-state index in [1.54, 1.807) is 0 Å². The van der Waals surface area contributed by atoms with Crippen molar-refractivity contribution >= 4 is 11.8 Å². The summed E-state index contributed by atoms with van der Waals surface area (Å²) in [5.74, 6) is 1.32. The van der Waals surface area contributed by atoms with Gasteiger partial charge in [-0.05, 0) is 42.7 Å². The van der Waals surface area contributed by atoms with Crippen LogP contribution in [0.3, 0.4) is 0 Å². The maximum atomic E-state index is 13.5. The second-order valence-electron chi connectivity index (χ2n) is 9.95. The fourth-order valence-corrected chi connectivity index (χ4v) is 5.83. The normalized spacial score (nSPS) is 25.9. The van der Waals surface area contributed by atoms with Crippen molar-refractivity contribution in [1.82, 2.24) is 14.7 Å². The molecule has 5 rings (SSSR count). The average molecular weight is 432 g/mol. The molecular formula is C27H33N3O2. The smallest absolute Gasteiger partial charge is 0.245 e. The lowest BCUT2D eigenvalue weighted by Crippen LogP contribution is -2.57. The zero-order valence-electron chi connectivity index (χ0n) is 19.0.